The normalized spacial score (nSPS) is 21.3. The molecule has 1 saturated heterocycles. The molecule has 23 heavy (non-hydrogen) atoms. The zero-order valence-electron chi connectivity index (χ0n) is 14.2. The molecule has 0 amide bonds. The molecular formula is C19H30N2O2. The Morgan fingerprint density at radius 2 is 1.96 bits per heavy atom. The predicted octanol–water partition coefficient (Wildman–Crippen LogP) is 2.73. The van der Waals surface area contributed by atoms with E-state index in [2.05, 4.69) is 34.5 Å². The second kappa shape index (κ2) is 8.13. The fourth-order valence-electron chi connectivity index (χ4n) is 3.54. The number of hydrogen-bond donors (Lipinski definition) is 2. The van der Waals surface area contributed by atoms with Gasteiger partial charge in [0.1, 0.15) is 0 Å². The van der Waals surface area contributed by atoms with E-state index in [0.717, 1.165) is 45.0 Å². The Morgan fingerprint density at radius 1 is 1.22 bits per heavy atom. The third kappa shape index (κ3) is 4.69. The summed E-state index contributed by atoms with van der Waals surface area (Å²) in [5.74, 6) is 1.27. The lowest BCUT2D eigenvalue weighted by Gasteiger charge is -2.32. The Labute approximate surface area is 139 Å². The van der Waals surface area contributed by atoms with Crippen molar-refractivity contribution in [3.63, 3.8) is 0 Å². The first kappa shape index (κ1) is 16.7. The summed E-state index contributed by atoms with van der Waals surface area (Å²) in [5.41, 5.74) is 2.63. The third-order valence-electron chi connectivity index (χ3n) is 5.25. The molecule has 0 spiro atoms. The van der Waals surface area contributed by atoms with E-state index in [-0.39, 0.29) is 0 Å². The summed E-state index contributed by atoms with van der Waals surface area (Å²) in [7, 11) is 1.79. The monoisotopic (exact) mass is 318 g/mol. The number of nitrogens with one attached hydrogen (secondary N) is 1. The van der Waals surface area contributed by atoms with Crippen LogP contribution in [-0.2, 0) is 11.3 Å². The molecule has 2 N–H and O–H groups in total. The quantitative estimate of drug-likeness (QED) is 0.773. The van der Waals surface area contributed by atoms with Crippen molar-refractivity contribution in [2.45, 2.75) is 38.3 Å². The van der Waals surface area contributed by atoms with Crippen LogP contribution in [0.25, 0.3) is 0 Å². The van der Waals surface area contributed by atoms with Gasteiger partial charge in [-0.3, -0.25) is 4.90 Å². The number of anilines is 1. The van der Waals surface area contributed by atoms with Crippen LogP contribution in [0.5, 0.6) is 0 Å². The van der Waals surface area contributed by atoms with Crippen molar-refractivity contribution in [2.24, 2.45) is 11.8 Å². The molecule has 1 aliphatic heterocycles. The van der Waals surface area contributed by atoms with Crippen molar-refractivity contribution in [3.8, 4) is 0 Å². The van der Waals surface area contributed by atoms with Crippen LogP contribution in [-0.4, -0.2) is 49.5 Å². The van der Waals surface area contributed by atoms with Gasteiger partial charge >= 0.3 is 0 Å². The molecule has 1 saturated carbocycles. The number of hydrogen-bond acceptors (Lipinski definition) is 4. The van der Waals surface area contributed by atoms with Crippen molar-refractivity contribution in [1.29, 1.82) is 0 Å². The zero-order chi connectivity index (χ0) is 16.1. The number of likely N-dealkylation sites (tertiary alicyclic amines) is 1. The van der Waals surface area contributed by atoms with Crippen molar-refractivity contribution < 1.29 is 9.84 Å². The van der Waals surface area contributed by atoms with Crippen molar-refractivity contribution in [1.82, 2.24) is 4.90 Å². The van der Waals surface area contributed by atoms with Crippen molar-refractivity contribution in [2.75, 3.05) is 38.7 Å². The van der Waals surface area contributed by atoms with Gasteiger partial charge < -0.3 is 15.2 Å². The van der Waals surface area contributed by atoms with E-state index in [0.29, 0.717) is 18.6 Å². The van der Waals surface area contributed by atoms with Crippen LogP contribution >= 0.6 is 0 Å². The molecule has 2 fully saturated rings. The average molecular weight is 318 g/mol. The Balaban J connectivity index is 1.61. The second-order valence-corrected chi connectivity index (χ2v) is 7.10. The van der Waals surface area contributed by atoms with Crippen LogP contribution in [0.3, 0.4) is 0 Å². The Kier molecular flexibility index (Phi) is 5.92. The Morgan fingerprint density at radius 3 is 2.61 bits per heavy atom. The van der Waals surface area contributed by atoms with Gasteiger partial charge in [-0.15, -0.1) is 0 Å². The van der Waals surface area contributed by atoms with Crippen LogP contribution < -0.4 is 5.32 Å². The van der Waals surface area contributed by atoms with E-state index in [4.69, 9.17) is 4.74 Å². The summed E-state index contributed by atoms with van der Waals surface area (Å²) >= 11 is 0. The first-order chi connectivity index (χ1) is 11.3. The largest absolute Gasteiger partial charge is 0.396 e. The highest BCUT2D eigenvalue weighted by molar-refractivity contribution is 5.52. The van der Waals surface area contributed by atoms with Gasteiger partial charge in [0.2, 0.25) is 0 Å². The van der Waals surface area contributed by atoms with Gasteiger partial charge in [-0.1, -0.05) is 18.2 Å². The number of methoxy groups -OCH3 is 1. The Bertz CT molecular complexity index is 482. The van der Waals surface area contributed by atoms with Gasteiger partial charge in [-0.2, -0.15) is 0 Å². The molecule has 3 rings (SSSR count). The van der Waals surface area contributed by atoms with E-state index in [1.54, 1.807) is 7.11 Å². The van der Waals surface area contributed by atoms with Gasteiger partial charge in [-0.25, -0.2) is 0 Å². The fourth-order valence-corrected chi connectivity index (χ4v) is 3.54. The second-order valence-electron chi connectivity index (χ2n) is 7.10. The highest BCUT2D eigenvalue weighted by Crippen LogP contribution is 2.35. The molecular weight excluding hydrogens is 288 g/mol. The average Bonchev–Trinajstić information content (AvgIpc) is 3.42. The Hall–Kier alpha value is -1.10. The van der Waals surface area contributed by atoms with E-state index >= 15 is 0 Å². The molecule has 1 aromatic rings. The fraction of sp³-hybridized carbons (Fsp3) is 0.684. The molecule has 1 unspecified atom stereocenters. The summed E-state index contributed by atoms with van der Waals surface area (Å²) in [6, 6.07) is 9.10. The summed E-state index contributed by atoms with van der Waals surface area (Å²) in [6.45, 7) is 4.28. The number of aliphatic hydroxyl groups is 1. The molecule has 0 radical (unpaired) electrons. The van der Waals surface area contributed by atoms with Gasteiger partial charge in [-0.05, 0) is 62.2 Å². The highest BCUT2D eigenvalue weighted by atomic mass is 16.5. The maximum absolute atomic E-state index is 9.28. The number of piperidine rings is 1. The smallest absolute Gasteiger partial charge is 0.0666 e. The minimum absolute atomic E-state index is 0.339. The molecule has 0 bridgehead atoms. The maximum Gasteiger partial charge on any atom is 0.0666 e. The molecule has 4 heteroatoms. The highest BCUT2D eigenvalue weighted by Gasteiger charge is 2.31. The summed E-state index contributed by atoms with van der Waals surface area (Å²) in [5, 5.41) is 13.0. The topological polar surface area (TPSA) is 44.7 Å². The molecule has 4 nitrogen and oxygen atoms in total. The first-order valence-corrected chi connectivity index (χ1v) is 8.96. The summed E-state index contributed by atoms with van der Waals surface area (Å²) in [6.07, 6.45) is 4.86. The third-order valence-corrected chi connectivity index (χ3v) is 5.25. The molecule has 1 aromatic carbocycles. The number of aliphatic hydroxyl groups excluding tert-OH is 1. The lowest BCUT2D eigenvalue weighted by Crippen LogP contribution is -2.35. The number of rotatable bonds is 8. The van der Waals surface area contributed by atoms with Crippen LogP contribution in [0, 0.1) is 11.8 Å². The molecule has 128 valence electrons. The van der Waals surface area contributed by atoms with Gasteiger partial charge in [0.15, 0.2) is 0 Å². The number of ether oxygens (including phenoxy) is 1. The van der Waals surface area contributed by atoms with E-state index in [9.17, 15) is 5.11 Å². The number of nitrogens with zero attached hydrogens (tertiary/aromatic N) is 1. The molecule has 0 aromatic heterocycles. The number of para-hydroxylation sites is 1. The number of benzene rings is 1. The minimum Gasteiger partial charge on any atom is -0.396 e. The van der Waals surface area contributed by atoms with Crippen LogP contribution in [0.1, 0.15) is 31.2 Å². The van der Waals surface area contributed by atoms with E-state index in [1.807, 2.05) is 0 Å². The van der Waals surface area contributed by atoms with Crippen LogP contribution in [0.4, 0.5) is 5.69 Å². The van der Waals surface area contributed by atoms with Gasteiger partial charge in [0.25, 0.3) is 0 Å². The van der Waals surface area contributed by atoms with Crippen LogP contribution in [0.15, 0.2) is 24.3 Å². The minimum atomic E-state index is 0.339. The van der Waals surface area contributed by atoms with Crippen molar-refractivity contribution >= 4 is 5.69 Å². The van der Waals surface area contributed by atoms with Gasteiger partial charge in [0, 0.05) is 25.9 Å². The predicted molar refractivity (Wildman–Crippen MR) is 93.5 cm³/mol. The lowest BCUT2D eigenvalue weighted by molar-refractivity contribution is 0.127. The van der Waals surface area contributed by atoms with Crippen molar-refractivity contribution in [3.05, 3.63) is 29.8 Å². The molecule has 2 aliphatic rings. The SMILES string of the molecule is COCC(Nc1ccccc1CN1CCC(CO)CC1)C1CC1. The molecule has 1 heterocycles. The van der Waals surface area contributed by atoms with Gasteiger partial charge in [0.05, 0.1) is 12.6 Å². The zero-order valence-corrected chi connectivity index (χ0v) is 14.2. The maximum atomic E-state index is 9.28. The standard InChI is InChI=1S/C19H30N2O2/c1-23-14-19(16-6-7-16)20-18-5-3-2-4-17(18)12-21-10-8-15(13-22)9-11-21/h2-5,15-16,19-20,22H,6-14H2,1H3. The molecule has 1 atom stereocenters. The first-order valence-electron chi connectivity index (χ1n) is 8.96. The van der Waals surface area contributed by atoms with Crippen LogP contribution in [0.2, 0.25) is 0 Å². The summed E-state index contributed by atoms with van der Waals surface area (Å²) < 4.78 is 5.39. The summed E-state index contributed by atoms with van der Waals surface area (Å²) in [4.78, 5) is 2.51. The molecule has 1 aliphatic carbocycles. The van der Waals surface area contributed by atoms with E-state index < -0.39 is 0 Å². The lowest BCUT2D eigenvalue weighted by atomic mass is 9.97. The van der Waals surface area contributed by atoms with E-state index in [1.165, 1.54) is 24.1 Å².